The minimum Gasteiger partial charge on any atom is -0.383 e. The lowest BCUT2D eigenvalue weighted by Crippen LogP contribution is -2.52. The molecule has 2 heterocycles. The number of rotatable bonds is 5. The second-order valence-electron chi connectivity index (χ2n) is 7.43. The van der Waals surface area contributed by atoms with Crippen molar-refractivity contribution in [1.82, 2.24) is 10.2 Å². The summed E-state index contributed by atoms with van der Waals surface area (Å²) in [7, 11) is 1.68. The zero-order valence-electron chi connectivity index (χ0n) is 14.7. The summed E-state index contributed by atoms with van der Waals surface area (Å²) in [6.07, 6.45) is 7.18. The van der Waals surface area contributed by atoms with E-state index in [4.69, 9.17) is 9.47 Å². The Morgan fingerprint density at radius 3 is 2.62 bits per heavy atom. The summed E-state index contributed by atoms with van der Waals surface area (Å²) in [6, 6.07) is 0.256. The number of carbonyl (C=O) groups excluding carboxylic acids is 2. The molecule has 2 aliphatic heterocycles. The number of amides is 2. The Hall–Kier alpha value is -1.14. The molecule has 136 valence electrons. The second kappa shape index (κ2) is 7.83. The van der Waals surface area contributed by atoms with Crippen molar-refractivity contribution in [2.75, 3.05) is 33.5 Å². The van der Waals surface area contributed by atoms with Gasteiger partial charge in [0.2, 0.25) is 11.8 Å². The van der Waals surface area contributed by atoms with Crippen LogP contribution in [0.1, 0.15) is 51.4 Å². The van der Waals surface area contributed by atoms with Crippen LogP contribution in [-0.2, 0) is 19.1 Å². The molecule has 6 heteroatoms. The fourth-order valence-electron chi connectivity index (χ4n) is 4.52. The van der Waals surface area contributed by atoms with Crippen molar-refractivity contribution in [2.24, 2.45) is 5.92 Å². The summed E-state index contributed by atoms with van der Waals surface area (Å²) in [4.78, 5) is 26.6. The molecule has 0 bridgehead atoms. The zero-order valence-corrected chi connectivity index (χ0v) is 14.7. The first kappa shape index (κ1) is 17.7. The molecular weight excluding hydrogens is 308 g/mol. The van der Waals surface area contributed by atoms with Crippen LogP contribution in [0.2, 0.25) is 0 Å². The van der Waals surface area contributed by atoms with Gasteiger partial charge in [-0.1, -0.05) is 0 Å². The minimum absolute atomic E-state index is 0.00944. The standard InChI is InChI=1S/C18H30N2O4/c1-23-13-10-20-16(21)4-9-18(20)7-2-15(3-8-18)19-17(22)14-5-11-24-12-6-14/h14-15H,2-13H2,1H3,(H,19,22). The number of ether oxygens (including phenoxy) is 2. The Morgan fingerprint density at radius 2 is 1.96 bits per heavy atom. The predicted octanol–water partition coefficient (Wildman–Crippen LogP) is 1.48. The molecule has 0 unspecified atom stereocenters. The molecule has 3 fully saturated rings. The first-order valence-corrected chi connectivity index (χ1v) is 9.32. The van der Waals surface area contributed by atoms with Crippen molar-refractivity contribution in [3.05, 3.63) is 0 Å². The first-order valence-electron chi connectivity index (χ1n) is 9.32. The van der Waals surface area contributed by atoms with Crippen molar-refractivity contribution in [2.45, 2.75) is 62.9 Å². The lowest BCUT2D eigenvalue weighted by atomic mass is 9.77. The SMILES string of the molecule is COCCN1C(=O)CCC12CCC(NC(=O)C1CCOCC1)CC2. The Bertz CT molecular complexity index is 454. The molecule has 2 amide bonds. The number of nitrogens with zero attached hydrogens (tertiary/aromatic N) is 1. The van der Waals surface area contributed by atoms with Gasteiger partial charge in [-0.3, -0.25) is 9.59 Å². The maximum atomic E-state index is 12.4. The van der Waals surface area contributed by atoms with E-state index in [-0.39, 0.29) is 29.3 Å². The first-order chi connectivity index (χ1) is 11.6. The summed E-state index contributed by atoms with van der Waals surface area (Å²) in [5, 5.41) is 3.24. The second-order valence-corrected chi connectivity index (χ2v) is 7.43. The fourth-order valence-corrected chi connectivity index (χ4v) is 4.52. The Morgan fingerprint density at radius 1 is 1.25 bits per heavy atom. The highest BCUT2D eigenvalue weighted by Gasteiger charge is 2.47. The van der Waals surface area contributed by atoms with Crippen molar-refractivity contribution >= 4 is 11.8 Å². The molecule has 1 spiro atoms. The van der Waals surface area contributed by atoms with Gasteiger partial charge in [0.1, 0.15) is 0 Å². The zero-order chi connectivity index (χ0) is 17.0. The number of likely N-dealkylation sites (tertiary alicyclic amines) is 1. The van der Waals surface area contributed by atoms with Crippen molar-refractivity contribution in [3.63, 3.8) is 0 Å². The third kappa shape index (κ3) is 3.75. The van der Waals surface area contributed by atoms with Crippen LogP contribution in [-0.4, -0.2) is 61.8 Å². The third-order valence-electron chi connectivity index (χ3n) is 6.05. The van der Waals surface area contributed by atoms with Gasteiger partial charge in [0.25, 0.3) is 0 Å². The summed E-state index contributed by atoms with van der Waals surface area (Å²) in [5.74, 6) is 0.565. The van der Waals surface area contributed by atoms with Gasteiger partial charge < -0.3 is 19.7 Å². The summed E-state index contributed by atoms with van der Waals surface area (Å²) in [5.41, 5.74) is 0.00944. The van der Waals surface area contributed by atoms with E-state index in [1.54, 1.807) is 7.11 Å². The smallest absolute Gasteiger partial charge is 0.223 e. The van der Waals surface area contributed by atoms with E-state index in [9.17, 15) is 9.59 Å². The van der Waals surface area contributed by atoms with Crippen molar-refractivity contribution < 1.29 is 19.1 Å². The van der Waals surface area contributed by atoms with Gasteiger partial charge in [0.05, 0.1) is 6.61 Å². The molecule has 2 saturated heterocycles. The number of hydrogen-bond donors (Lipinski definition) is 1. The quantitative estimate of drug-likeness (QED) is 0.824. The van der Waals surface area contributed by atoms with Crippen LogP contribution in [0.25, 0.3) is 0 Å². The van der Waals surface area contributed by atoms with Crippen LogP contribution < -0.4 is 5.32 Å². The largest absolute Gasteiger partial charge is 0.383 e. The van der Waals surface area contributed by atoms with Crippen LogP contribution in [0, 0.1) is 5.92 Å². The number of nitrogens with one attached hydrogen (secondary N) is 1. The molecule has 0 aromatic heterocycles. The fraction of sp³-hybridized carbons (Fsp3) is 0.889. The van der Waals surface area contributed by atoms with Gasteiger partial charge in [-0.25, -0.2) is 0 Å². The van der Waals surface area contributed by atoms with Crippen LogP contribution >= 0.6 is 0 Å². The van der Waals surface area contributed by atoms with E-state index in [1.165, 1.54) is 0 Å². The lowest BCUT2D eigenvalue weighted by molar-refractivity contribution is -0.134. The molecular formula is C18H30N2O4. The molecule has 0 atom stereocenters. The van der Waals surface area contributed by atoms with Crippen LogP contribution in [0.3, 0.4) is 0 Å². The monoisotopic (exact) mass is 338 g/mol. The molecule has 1 aliphatic carbocycles. The maximum absolute atomic E-state index is 12.4. The average molecular weight is 338 g/mol. The van der Waals surface area contributed by atoms with Crippen molar-refractivity contribution in [3.8, 4) is 0 Å². The summed E-state index contributed by atoms with van der Waals surface area (Å²) in [6.45, 7) is 2.68. The van der Waals surface area contributed by atoms with Crippen LogP contribution in [0.5, 0.6) is 0 Å². The molecule has 0 aromatic rings. The molecule has 1 N–H and O–H groups in total. The van der Waals surface area contributed by atoms with Crippen LogP contribution in [0.4, 0.5) is 0 Å². The van der Waals surface area contributed by atoms with Crippen molar-refractivity contribution in [1.29, 1.82) is 0 Å². The van der Waals surface area contributed by atoms with E-state index in [0.29, 0.717) is 32.8 Å². The molecule has 0 radical (unpaired) electrons. The Balaban J connectivity index is 1.51. The van der Waals surface area contributed by atoms with Gasteiger partial charge >= 0.3 is 0 Å². The minimum atomic E-state index is 0.00944. The molecule has 3 rings (SSSR count). The molecule has 6 nitrogen and oxygen atoms in total. The lowest BCUT2D eigenvalue weighted by Gasteiger charge is -2.44. The topological polar surface area (TPSA) is 67.9 Å². The summed E-state index contributed by atoms with van der Waals surface area (Å²) >= 11 is 0. The Labute approximate surface area is 144 Å². The van der Waals surface area contributed by atoms with Gasteiger partial charge in [-0.15, -0.1) is 0 Å². The van der Waals surface area contributed by atoms with Gasteiger partial charge in [-0.2, -0.15) is 0 Å². The number of hydrogen-bond acceptors (Lipinski definition) is 4. The highest BCUT2D eigenvalue weighted by molar-refractivity contribution is 5.80. The summed E-state index contributed by atoms with van der Waals surface area (Å²) < 4.78 is 10.5. The molecule has 1 saturated carbocycles. The Kier molecular flexibility index (Phi) is 5.76. The van der Waals surface area contributed by atoms with Gasteiger partial charge in [-0.05, 0) is 44.9 Å². The van der Waals surface area contributed by atoms with Crippen LogP contribution in [0.15, 0.2) is 0 Å². The molecule has 3 aliphatic rings. The van der Waals surface area contributed by atoms with E-state index in [0.717, 1.165) is 44.9 Å². The van der Waals surface area contributed by atoms with E-state index < -0.39 is 0 Å². The maximum Gasteiger partial charge on any atom is 0.223 e. The average Bonchev–Trinajstić information content (AvgIpc) is 2.92. The predicted molar refractivity (Wildman–Crippen MR) is 89.5 cm³/mol. The third-order valence-corrected chi connectivity index (χ3v) is 6.05. The number of methoxy groups -OCH3 is 1. The highest BCUT2D eigenvalue weighted by Crippen LogP contribution is 2.42. The van der Waals surface area contributed by atoms with E-state index in [1.807, 2.05) is 4.90 Å². The van der Waals surface area contributed by atoms with E-state index in [2.05, 4.69) is 5.32 Å². The van der Waals surface area contributed by atoms with Gasteiger partial charge in [0.15, 0.2) is 0 Å². The molecule has 24 heavy (non-hydrogen) atoms. The van der Waals surface area contributed by atoms with E-state index >= 15 is 0 Å². The highest BCUT2D eigenvalue weighted by atomic mass is 16.5. The number of carbonyl (C=O) groups is 2. The molecule has 0 aromatic carbocycles. The van der Waals surface area contributed by atoms with Gasteiger partial charge in [0, 0.05) is 50.8 Å². The normalized spacial score (nSPS) is 31.6.